The van der Waals surface area contributed by atoms with Crippen LogP contribution in [0.4, 0.5) is 0 Å². The Balaban J connectivity index is 1.92. The van der Waals surface area contributed by atoms with Crippen molar-refractivity contribution in [2.24, 2.45) is 11.7 Å². The van der Waals surface area contributed by atoms with Crippen LogP contribution in [0.3, 0.4) is 0 Å². The molecule has 0 fully saturated rings. The van der Waals surface area contributed by atoms with Gasteiger partial charge in [-0.15, -0.1) is 0 Å². The van der Waals surface area contributed by atoms with Crippen LogP contribution >= 0.6 is 0 Å². The lowest BCUT2D eigenvalue weighted by atomic mass is 9.97. The maximum absolute atomic E-state index is 12.8. The zero-order valence-corrected chi connectivity index (χ0v) is 18.5. The fourth-order valence-corrected chi connectivity index (χ4v) is 3.03. The smallest absolute Gasteiger partial charge is 0.326 e. The van der Waals surface area contributed by atoms with Gasteiger partial charge < -0.3 is 36.8 Å². The van der Waals surface area contributed by atoms with Gasteiger partial charge in [-0.1, -0.05) is 20.3 Å². The Morgan fingerprint density at radius 1 is 1.03 bits per heavy atom. The molecule has 2 heterocycles. The number of amides is 3. The molecule has 0 saturated carbocycles. The largest absolute Gasteiger partial charge is 0.480 e. The molecule has 0 saturated heterocycles. The highest BCUT2D eigenvalue weighted by Gasteiger charge is 2.30. The summed E-state index contributed by atoms with van der Waals surface area (Å²) in [6.45, 7) is 3.22. The van der Waals surface area contributed by atoms with Gasteiger partial charge in [-0.05, 0) is 5.92 Å². The molecular weight excluding hydrogens is 432 g/mol. The maximum Gasteiger partial charge on any atom is 0.326 e. The highest BCUT2D eigenvalue weighted by atomic mass is 16.4. The van der Waals surface area contributed by atoms with E-state index in [4.69, 9.17) is 5.73 Å². The van der Waals surface area contributed by atoms with E-state index in [1.807, 2.05) is 6.92 Å². The maximum atomic E-state index is 12.8. The lowest BCUT2D eigenvalue weighted by Gasteiger charge is -2.25. The van der Waals surface area contributed by atoms with Crippen LogP contribution in [0.15, 0.2) is 25.0 Å². The summed E-state index contributed by atoms with van der Waals surface area (Å²) < 4.78 is 0. The average molecular weight is 463 g/mol. The molecule has 0 spiro atoms. The molecule has 4 unspecified atom stereocenters. The number of nitrogens with zero attached hydrogens (tertiary/aromatic N) is 2. The van der Waals surface area contributed by atoms with Gasteiger partial charge in [0.1, 0.15) is 12.1 Å². The first-order valence-corrected chi connectivity index (χ1v) is 10.5. The SMILES string of the molecule is CCC(C)C(NC(=O)CNC(=O)C(N)Cc1cnc[nH]1)C(=O)NC(Cc1cnc[nH]1)C(=O)O. The number of carbonyl (C=O) groups is 4. The Morgan fingerprint density at radius 2 is 1.64 bits per heavy atom. The van der Waals surface area contributed by atoms with Crippen molar-refractivity contribution >= 4 is 23.7 Å². The average Bonchev–Trinajstić information content (AvgIpc) is 3.48. The van der Waals surface area contributed by atoms with E-state index in [1.54, 1.807) is 13.1 Å². The quantitative estimate of drug-likeness (QED) is 0.185. The second kappa shape index (κ2) is 12.3. The van der Waals surface area contributed by atoms with Gasteiger partial charge in [0, 0.05) is 36.6 Å². The van der Waals surface area contributed by atoms with E-state index in [2.05, 4.69) is 35.9 Å². The van der Waals surface area contributed by atoms with Crippen LogP contribution in [0.1, 0.15) is 31.7 Å². The number of rotatable bonds is 13. The number of carboxylic acid groups (broad SMARTS) is 1. The van der Waals surface area contributed by atoms with Crippen LogP contribution in [-0.4, -0.2) is 73.4 Å². The molecule has 3 amide bonds. The Labute approximate surface area is 190 Å². The minimum atomic E-state index is -1.22. The molecule has 0 aliphatic carbocycles. The number of aliphatic carboxylic acids is 1. The van der Waals surface area contributed by atoms with Crippen molar-refractivity contribution in [2.75, 3.05) is 6.54 Å². The van der Waals surface area contributed by atoms with E-state index in [0.29, 0.717) is 17.8 Å². The zero-order chi connectivity index (χ0) is 24.4. The van der Waals surface area contributed by atoms with Gasteiger partial charge in [0.15, 0.2) is 0 Å². The van der Waals surface area contributed by atoms with Gasteiger partial charge in [-0.3, -0.25) is 14.4 Å². The van der Waals surface area contributed by atoms with E-state index in [9.17, 15) is 24.3 Å². The number of nitrogens with two attached hydrogens (primary N) is 1. The van der Waals surface area contributed by atoms with E-state index in [1.165, 1.54) is 18.9 Å². The first-order chi connectivity index (χ1) is 15.7. The molecule has 13 nitrogen and oxygen atoms in total. The van der Waals surface area contributed by atoms with Crippen LogP contribution in [0.5, 0.6) is 0 Å². The molecule has 2 aromatic heterocycles. The van der Waals surface area contributed by atoms with Crippen LogP contribution in [0.25, 0.3) is 0 Å². The minimum absolute atomic E-state index is 0.00647. The summed E-state index contributed by atoms with van der Waals surface area (Å²) in [6, 6.07) is -3.08. The van der Waals surface area contributed by atoms with Crippen molar-refractivity contribution in [2.45, 2.75) is 51.2 Å². The lowest BCUT2D eigenvalue weighted by molar-refractivity contribution is -0.142. The number of aromatic nitrogens is 4. The van der Waals surface area contributed by atoms with Crippen LogP contribution < -0.4 is 21.7 Å². The normalized spacial score (nSPS) is 14.5. The first-order valence-electron chi connectivity index (χ1n) is 10.5. The number of hydrogen-bond donors (Lipinski definition) is 7. The predicted octanol–water partition coefficient (Wildman–Crippen LogP) is -1.54. The van der Waals surface area contributed by atoms with Gasteiger partial charge >= 0.3 is 5.97 Å². The first kappa shape index (κ1) is 25.5. The molecule has 8 N–H and O–H groups in total. The van der Waals surface area contributed by atoms with Crippen molar-refractivity contribution < 1.29 is 24.3 Å². The second-order valence-electron chi connectivity index (χ2n) is 7.72. The molecule has 4 atom stereocenters. The highest BCUT2D eigenvalue weighted by molar-refractivity contribution is 5.92. The molecule has 0 aliphatic heterocycles. The number of aromatic amines is 2. The highest BCUT2D eigenvalue weighted by Crippen LogP contribution is 2.09. The number of imidazole rings is 2. The number of carbonyl (C=O) groups excluding carboxylic acids is 3. The van der Waals surface area contributed by atoms with Crippen molar-refractivity contribution in [3.63, 3.8) is 0 Å². The molecule has 0 aromatic carbocycles. The molecular formula is C20H30N8O5. The fraction of sp³-hybridized carbons (Fsp3) is 0.500. The van der Waals surface area contributed by atoms with Crippen molar-refractivity contribution in [1.29, 1.82) is 0 Å². The molecule has 0 radical (unpaired) electrons. The van der Waals surface area contributed by atoms with Crippen LogP contribution in [0, 0.1) is 5.92 Å². The summed E-state index contributed by atoms with van der Waals surface area (Å²) in [5.41, 5.74) is 7.06. The van der Waals surface area contributed by atoms with Gasteiger partial charge in [0.05, 0.1) is 25.2 Å². The number of hydrogen-bond acceptors (Lipinski definition) is 7. The molecule has 2 aromatic rings. The molecule has 33 heavy (non-hydrogen) atoms. The topological polar surface area (TPSA) is 208 Å². The summed E-state index contributed by atoms with van der Waals surface area (Å²) in [5.74, 6) is -3.26. The number of carboxylic acids is 1. The van der Waals surface area contributed by atoms with Crippen molar-refractivity contribution in [3.05, 3.63) is 36.4 Å². The summed E-state index contributed by atoms with van der Waals surface area (Å²) in [5, 5.41) is 16.9. The molecule has 13 heteroatoms. The van der Waals surface area contributed by atoms with E-state index in [0.717, 1.165) is 0 Å². The Kier molecular flexibility index (Phi) is 9.54. The third kappa shape index (κ3) is 8.03. The lowest BCUT2D eigenvalue weighted by Crippen LogP contribution is -2.56. The van der Waals surface area contributed by atoms with Crippen LogP contribution in [-0.2, 0) is 32.0 Å². The number of H-pyrrole nitrogens is 2. The van der Waals surface area contributed by atoms with Gasteiger partial charge in [-0.25, -0.2) is 14.8 Å². The zero-order valence-electron chi connectivity index (χ0n) is 18.5. The van der Waals surface area contributed by atoms with E-state index in [-0.39, 0.29) is 25.3 Å². The molecule has 2 rings (SSSR count). The van der Waals surface area contributed by atoms with E-state index >= 15 is 0 Å². The molecule has 180 valence electrons. The Hall–Kier alpha value is -3.74. The van der Waals surface area contributed by atoms with Gasteiger partial charge in [-0.2, -0.15) is 0 Å². The third-order valence-corrected chi connectivity index (χ3v) is 5.16. The third-order valence-electron chi connectivity index (χ3n) is 5.16. The Bertz CT molecular complexity index is 915. The standard InChI is InChI=1S/C20H30N8O5/c1-3-11(2)17(19(31)27-15(20(32)33)5-13-7-23-10-26-13)28-16(29)8-24-18(30)14(21)4-12-6-22-9-25-12/h6-7,9-11,14-15,17H,3-5,8,21H2,1-2H3,(H,22,25)(H,23,26)(H,24,30)(H,27,31)(H,28,29)(H,32,33). The predicted molar refractivity (Wildman–Crippen MR) is 117 cm³/mol. The van der Waals surface area contributed by atoms with Gasteiger partial charge in [0.2, 0.25) is 17.7 Å². The Morgan fingerprint density at radius 3 is 2.15 bits per heavy atom. The molecule has 0 bridgehead atoms. The summed E-state index contributed by atoms with van der Waals surface area (Å²) in [7, 11) is 0. The van der Waals surface area contributed by atoms with Crippen molar-refractivity contribution in [1.82, 2.24) is 35.9 Å². The number of nitrogens with one attached hydrogen (secondary N) is 5. The summed E-state index contributed by atoms with van der Waals surface area (Å²) >= 11 is 0. The summed E-state index contributed by atoms with van der Waals surface area (Å²) in [4.78, 5) is 62.3. The van der Waals surface area contributed by atoms with Gasteiger partial charge in [0.25, 0.3) is 0 Å². The monoisotopic (exact) mass is 462 g/mol. The summed E-state index contributed by atoms with van der Waals surface area (Å²) in [6.07, 6.45) is 6.68. The van der Waals surface area contributed by atoms with E-state index < -0.39 is 41.8 Å². The van der Waals surface area contributed by atoms with Crippen molar-refractivity contribution in [3.8, 4) is 0 Å². The molecule has 0 aliphatic rings. The van der Waals surface area contributed by atoms with Crippen LogP contribution in [0.2, 0.25) is 0 Å². The minimum Gasteiger partial charge on any atom is -0.480 e. The fourth-order valence-electron chi connectivity index (χ4n) is 3.03. The second-order valence-corrected chi connectivity index (χ2v) is 7.72.